The van der Waals surface area contributed by atoms with E-state index in [0.717, 1.165) is 5.56 Å². The Morgan fingerprint density at radius 2 is 2.13 bits per heavy atom. The monoisotopic (exact) mass is 207 g/mol. The van der Waals surface area contributed by atoms with Gasteiger partial charge in [-0.3, -0.25) is 10.1 Å². The van der Waals surface area contributed by atoms with Gasteiger partial charge in [-0.1, -0.05) is 18.2 Å². The first kappa shape index (κ1) is 10.9. The van der Waals surface area contributed by atoms with Gasteiger partial charge in [0.1, 0.15) is 0 Å². The number of carboxylic acids is 1. The van der Waals surface area contributed by atoms with Gasteiger partial charge >= 0.3 is 5.97 Å². The molecule has 0 spiro atoms. The van der Waals surface area contributed by atoms with E-state index in [1.54, 1.807) is 13.0 Å². The van der Waals surface area contributed by atoms with E-state index in [1.165, 1.54) is 12.1 Å². The zero-order valence-corrected chi connectivity index (χ0v) is 8.06. The average Bonchev–Trinajstić information content (AvgIpc) is 2.15. The molecule has 5 heteroatoms. The third-order valence-corrected chi connectivity index (χ3v) is 1.93. The maximum absolute atomic E-state index is 10.7. The lowest BCUT2D eigenvalue weighted by Crippen LogP contribution is -2.02. The van der Waals surface area contributed by atoms with Crippen molar-refractivity contribution in [1.82, 2.24) is 0 Å². The molecule has 0 radical (unpaired) electrons. The molecular weight excluding hydrogens is 198 g/mol. The summed E-state index contributed by atoms with van der Waals surface area (Å²) in [6.07, 6.45) is 0. The molecule has 0 aliphatic carbocycles. The SMILES string of the molecule is C=C(C(=O)O)c1cc(C)ccc1[N+](=O)[O-]. The van der Waals surface area contributed by atoms with E-state index in [9.17, 15) is 14.9 Å². The summed E-state index contributed by atoms with van der Waals surface area (Å²) < 4.78 is 0. The van der Waals surface area contributed by atoms with Crippen molar-refractivity contribution in [2.75, 3.05) is 0 Å². The Morgan fingerprint density at radius 3 is 2.60 bits per heavy atom. The van der Waals surface area contributed by atoms with Crippen LogP contribution in [0.2, 0.25) is 0 Å². The Kier molecular flexibility index (Phi) is 2.85. The van der Waals surface area contributed by atoms with Crippen molar-refractivity contribution in [3.05, 3.63) is 46.0 Å². The van der Waals surface area contributed by atoms with Crippen LogP contribution in [0.4, 0.5) is 5.69 Å². The van der Waals surface area contributed by atoms with Crippen LogP contribution in [-0.4, -0.2) is 16.0 Å². The molecule has 0 saturated heterocycles. The second kappa shape index (κ2) is 3.91. The van der Waals surface area contributed by atoms with Gasteiger partial charge in [0.25, 0.3) is 5.69 Å². The smallest absolute Gasteiger partial charge is 0.335 e. The zero-order chi connectivity index (χ0) is 11.6. The highest BCUT2D eigenvalue weighted by molar-refractivity contribution is 6.15. The molecule has 1 rings (SSSR count). The number of aliphatic carboxylic acids is 1. The number of benzene rings is 1. The average molecular weight is 207 g/mol. The molecule has 0 saturated carbocycles. The maximum Gasteiger partial charge on any atom is 0.335 e. The van der Waals surface area contributed by atoms with E-state index in [1.807, 2.05) is 0 Å². The van der Waals surface area contributed by atoms with Crippen LogP contribution in [0.3, 0.4) is 0 Å². The molecule has 78 valence electrons. The summed E-state index contributed by atoms with van der Waals surface area (Å²) >= 11 is 0. The fraction of sp³-hybridized carbons (Fsp3) is 0.100. The van der Waals surface area contributed by atoms with E-state index < -0.39 is 10.9 Å². The second-order valence-electron chi connectivity index (χ2n) is 3.06. The summed E-state index contributed by atoms with van der Waals surface area (Å²) in [5, 5.41) is 19.3. The summed E-state index contributed by atoms with van der Waals surface area (Å²) in [5.74, 6) is -1.26. The maximum atomic E-state index is 10.7. The predicted octanol–water partition coefficient (Wildman–Crippen LogP) is 2.00. The van der Waals surface area contributed by atoms with Crippen molar-refractivity contribution in [2.24, 2.45) is 0 Å². The van der Waals surface area contributed by atoms with Gasteiger partial charge in [-0.25, -0.2) is 4.79 Å². The Hall–Kier alpha value is -2.17. The van der Waals surface area contributed by atoms with Gasteiger partial charge in [0, 0.05) is 6.07 Å². The minimum atomic E-state index is -1.26. The van der Waals surface area contributed by atoms with Crippen LogP contribution >= 0.6 is 0 Å². The van der Waals surface area contributed by atoms with Crippen LogP contribution < -0.4 is 0 Å². The molecule has 1 aromatic rings. The van der Waals surface area contributed by atoms with Crippen LogP contribution in [0.25, 0.3) is 5.57 Å². The Labute approximate surface area is 85.8 Å². The van der Waals surface area contributed by atoms with Crippen molar-refractivity contribution >= 4 is 17.2 Å². The largest absolute Gasteiger partial charge is 0.478 e. The quantitative estimate of drug-likeness (QED) is 0.467. The normalized spacial score (nSPS) is 9.67. The predicted molar refractivity (Wildman–Crippen MR) is 54.5 cm³/mol. The van der Waals surface area contributed by atoms with Crippen LogP contribution in [0.5, 0.6) is 0 Å². The lowest BCUT2D eigenvalue weighted by atomic mass is 10.0. The summed E-state index contributed by atoms with van der Waals surface area (Å²) in [6.45, 7) is 5.03. The molecule has 0 atom stereocenters. The van der Waals surface area contributed by atoms with Crippen molar-refractivity contribution in [1.29, 1.82) is 0 Å². The molecule has 15 heavy (non-hydrogen) atoms. The Balaban J connectivity index is 3.37. The molecule has 1 N–H and O–H groups in total. The van der Waals surface area contributed by atoms with Crippen LogP contribution in [-0.2, 0) is 4.79 Å². The van der Waals surface area contributed by atoms with Gasteiger partial charge in [-0.15, -0.1) is 0 Å². The molecule has 0 aliphatic rings. The molecule has 5 nitrogen and oxygen atoms in total. The highest BCUT2D eigenvalue weighted by Gasteiger charge is 2.19. The first-order valence-corrected chi connectivity index (χ1v) is 4.11. The van der Waals surface area contributed by atoms with Gasteiger partial charge in [0.05, 0.1) is 16.1 Å². The first-order valence-electron chi connectivity index (χ1n) is 4.11. The molecule has 0 unspecified atom stereocenters. The minimum absolute atomic E-state index is 0.0486. The second-order valence-corrected chi connectivity index (χ2v) is 3.06. The van der Waals surface area contributed by atoms with Crippen molar-refractivity contribution in [3.63, 3.8) is 0 Å². The number of hydrogen-bond acceptors (Lipinski definition) is 3. The molecule has 0 amide bonds. The van der Waals surface area contributed by atoms with Crippen LogP contribution in [0.15, 0.2) is 24.8 Å². The van der Waals surface area contributed by atoms with E-state index in [-0.39, 0.29) is 16.8 Å². The minimum Gasteiger partial charge on any atom is -0.478 e. The van der Waals surface area contributed by atoms with Gasteiger partial charge in [0.15, 0.2) is 0 Å². The van der Waals surface area contributed by atoms with Crippen LogP contribution in [0, 0.1) is 17.0 Å². The zero-order valence-electron chi connectivity index (χ0n) is 8.06. The summed E-state index contributed by atoms with van der Waals surface area (Å²) in [4.78, 5) is 20.7. The molecule has 0 aromatic heterocycles. The third kappa shape index (κ3) is 2.19. The number of aryl methyl sites for hydroxylation is 1. The number of carboxylic acid groups (broad SMARTS) is 1. The first-order chi connectivity index (χ1) is 6.93. The summed E-state index contributed by atoms with van der Waals surface area (Å²) in [7, 11) is 0. The summed E-state index contributed by atoms with van der Waals surface area (Å²) in [6, 6.07) is 4.27. The number of nitro groups is 1. The number of nitrogens with zero attached hydrogens (tertiary/aromatic N) is 1. The fourth-order valence-electron chi connectivity index (χ4n) is 1.17. The van der Waals surface area contributed by atoms with E-state index in [4.69, 9.17) is 5.11 Å². The third-order valence-electron chi connectivity index (χ3n) is 1.93. The molecule has 1 aromatic carbocycles. The molecule has 0 fully saturated rings. The fourth-order valence-corrected chi connectivity index (χ4v) is 1.17. The highest BCUT2D eigenvalue weighted by Crippen LogP contribution is 2.26. The molecular formula is C10H9NO4. The number of hydrogen-bond donors (Lipinski definition) is 1. The van der Waals surface area contributed by atoms with Crippen molar-refractivity contribution in [3.8, 4) is 0 Å². The van der Waals surface area contributed by atoms with Crippen molar-refractivity contribution in [2.45, 2.75) is 6.92 Å². The van der Waals surface area contributed by atoms with Crippen molar-refractivity contribution < 1.29 is 14.8 Å². The van der Waals surface area contributed by atoms with Gasteiger partial charge in [0.2, 0.25) is 0 Å². The van der Waals surface area contributed by atoms with Crippen LogP contribution in [0.1, 0.15) is 11.1 Å². The summed E-state index contributed by atoms with van der Waals surface area (Å²) in [5.41, 5.74) is 0.281. The van der Waals surface area contributed by atoms with Gasteiger partial charge in [-0.2, -0.15) is 0 Å². The lowest BCUT2D eigenvalue weighted by molar-refractivity contribution is -0.385. The van der Waals surface area contributed by atoms with E-state index >= 15 is 0 Å². The molecule has 0 aliphatic heterocycles. The Bertz CT molecular complexity index is 451. The standard InChI is InChI=1S/C10H9NO4/c1-6-3-4-9(11(14)15)8(5-6)7(2)10(12)13/h3-5H,2H2,1H3,(H,12,13). The number of carbonyl (C=O) groups is 1. The number of nitro benzene ring substituents is 1. The lowest BCUT2D eigenvalue weighted by Gasteiger charge is -2.03. The Morgan fingerprint density at radius 1 is 1.53 bits per heavy atom. The molecule has 0 heterocycles. The molecule has 0 bridgehead atoms. The number of rotatable bonds is 3. The highest BCUT2D eigenvalue weighted by atomic mass is 16.6. The van der Waals surface area contributed by atoms with E-state index in [0.29, 0.717) is 0 Å². The van der Waals surface area contributed by atoms with Gasteiger partial charge < -0.3 is 5.11 Å². The van der Waals surface area contributed by atoms with E-state index in [2.05, 4.69) is 6.58 Å². The topological polar surface area (TPSA) is 80.4 Å². The van der Waals surface area contributed by atoms with Gasteiger partial charge in [-0.05, 0) is 13.0 Å².